The van der Waals surface area contributed by atoms with Gasteiger partial charge in [0, 0.05) is 18.7 Å². The van der Waals surface area contributed by atoms with Gasteiger partial charge in [-0.15, -0.1) is 0 Å². The van der Waals surface area contributed by atoms with Gasteiger partial charge in [-0.3, -0.25) is 0 Å². The second-order valence-corrected chi connectivity index (χ2v) is 5.61. The van der Waals surface area contributed by atoms with E-state index in [2.05, 4.69) is 12.2 Å². The van der Waals surface area contributed by atoms with Gasteiger partial charge in [-0.1, -0.05) is 19.9 Å². The minimum absolute atomic E-state index is 0.269. The van der Waals surface area contributed by atoms with Gasteiger partial charge in [0.2, 0.25) is 0 Å². The van der Waals surface area contributed by atoms with Crippen molar-refractivity contribution >= 4 is 5.97 Å². The highest BCUT2D eigenvalue weighted by Crippen LogP contribution is 2.31. The number of carbonyl (C=O) groups is 1. The SMILES string of the molecule is CCC(=CCNCC1(O)CCC(C)CC1)C(=O)OC. The van der Waals surface area contributed by atoms with Crippen LogP contribution in [0.1, 0.15) is 46.0 Å². The molecule has 1 aliphatic carbocycles. The summed E-state index contributed by atoms with van der Waals surface area (Å²) in [7, 11) is 1.39. The van der Waals surface area contributed by atoms with E-state index in [1.807, 2.05) is 13.0 Å². The van der Waals surface area contributed by atoms with Gasteiger partial charge < -0.3 is 15.2 Å². The van der Waals surface area contributed by atoms with Gasteiger partial charge in [-0.05, 0) is 38.0 Å². The zero-order chi connectivity index (χ0) is 14.3. The molecular formula is C15H27NO3. The number of methoxy groups -OCH3 is 1. The number of hydrogen-bond acceptors (Lipinski definition) is 4. The van der Waals surface area contributed by atoms with E-state index in [9.17, 15) is 9.90 Å². The van der Waals surface area contributed by atoms with Crippen LogP contribution in [0.25, 0.3) is 0 Å². The maximum atomic E-state index is 11.4. The minimum Gasteiger partial charge on any atom is -0.466 e. The quantitative estimate of drug-likeness (QED) is 0.440. The van der Waals surface area contributed by atoms with Crippen molar-refractivity contribution < 1.29 is 14.6 Å². The summed E-state index contributed by atoms with van der Waals surface area (Å²) in [6.45, 7) is 5.35. The molecule has 0 aliphatic heterocycles. The summed E-state index contributed by atoms with van der Waals surface area (Å²) >= 11 is 0. The fourth-order valence-electron chi connectivity index (χ4n) is 2.48. The van der Waals surface area contributed by atoms with Gasteiger partial charge in [-0.25, -0.2) is 4.79 Å². The number of hydrogen-bond donors (Lipinski definition) is 2. The lowest BCUT2D eigenvalue weighted by Crippen LogP contribution is -2.43. The third kappa shape index (κ3) is 5.33. The van der Waals surface area contributed by atoms with E-state index in [1.54, 1.807) is 0 Å². The normalized spacial score (nSPS) is 28.2. The monoisotopic (exact) mass is 269 g/mol. The van der Waals surface area contributed by atoms with Gasteiger partial charge in [0.25, 0.3) is 0 Å². The lowest BCUT2D eigenvalue weighted by Gasteiger charge is -2.35. The second-order valence-electron chi connectivity index (χ2n) is 5.61. The fourth-order valence-corrected chi connectivity index (χ4v) is 2.48. The van der Waals surface area contributed by atoms with Crippen molar-refractivity contribution in [1.82, 2.24) is 5.32 Å². The largest absolute Gasteiger partial charge is 0.466 e. The van der Waals surface area contributed by atoms with Crippen LogP contribution in [0, 0.1) is 5.92 Å². The Kier molecular flexibility index (Phi) is 6.52. The van der Waals surface area contributed by atoms with Crippen LogP contribution >= 0.6 is 0 Å². The van der Waals surface area contributed by atoms with E-state index in [0.29, 0.717) is 25.1 Å². The molecule has 0 aromatic carbocycles. The third-order valence-corrected chi connectivity index (χ3v) is 3.98. The smallest absolute Gasteiger partial charge is 0.333 e. The van der Waals surface area contributed by atoms with Crippen LogP contribution in [-0.4, -0.2) is 36.9 Å². The number of aliphatic hydroxyl groups is 1. The predicted octanol–water partition coefficient (Wildman–Crippen LogP) is 2.03. The predicted molar refractivity (Wildman–Crippen MR) is 75.8 cm³/mol. The molecule has 0 aromatic rings. The first-order valence-electron chi connectivity index (χ1n) is 7.21. The van der Waals surface area contributed by atoms with Crippen LogP contribution in [-0.2, 0) is 9.53 Å². The topological polar surface area (TPSA) is 58.6 Å². The van der Waals surface area contributed by atoms with Crippen LogP contribution in [0.5, 0.6) is 0 Å². The Labute approximate surface area is 116 Å². The molecule has 0 atom stereocenters. The van der Waals surface area contributed by atoms with E-state index in [0.717, 1.165) is 31.6 Å². The van der Waals surface area contributed by atoms with Gasteiger partial charge in [0.05, 0.1) is 12.7 Å². The molecule has 0 bridgehead atoms. The number of carbonyl (C=O) groups excluding carboxylic acids is 1. The van der Waals surface area contributed by atoms with E-state index < -0.39 is 5.60 Å². The molecule has 1 aliphatic rings. The zero-order valence-corrected chi connectivity index (χ0v) is 12.4. The van der Waals surface area contributed by atoms with E-state index in [1.165, 1.54) is 7.11 Å². The molecule has 0 unspecified atom stereocenters. The van der Waals surface area contributed by atoms with Crippen molar-refractivity contribution in [3.8, 4) is 0 Å². The van der Waals surface area contributed by atoms with Crippen molar-refractivity contribution in [3.05, 3.63) is 11.6 Å². The molecule has 0 spiro atoms. The number of ether oxygens (including phenoxy) is 1. The highest BCUT2D eigenvalue weighted by atomic mass is 16.5. The maximum Gasteiger partial charge on any atom is 0.333 e. The number of rotatable bonds is 6. The lowest BCUT2D eigenvalue weighted by atomic mass is 9.79. The van der Waals surface area contributed by atoms with Crippen molar-refractivity contribution in [1.29, 1.82) is 0 Å². The Morgan fingerprint density at radius 2 is 2.11 bits per heavy atom. The molecule has 1 rings (SSSR count). The summed E-state index contributed by atoms with van der Waals surface area (Å²) in [5, 5.41) is 13.6. The summed E-state index contributed by atoms with van der Waals surface area (Å²) < 4.78 is 4.70. The third-order valence-electron chi connectivity index (χ3n) is 3.98. The summed E-state index contributed by atoms with van der Waals surface area (Å²) in [4.78, 5) is 11.4. The molecule has 4 heteroatoms. The Bertz CT molecular complexity index is 317. The van der Waals surface area contributed by atoms with Crippen LogP contribution in [0.2, 0.25) is 0 Å². The second kappa shape index (κ2) is 7.65. The number of nitrogens with one attached hydrogen (secondary N) is 1. The highest BCUT2D eigenvalue weighted by Gasteiger charge is 2.30. The summed E-state index contributed by atoms with van der Waals surface area (Å²) in [5.74, 6) is 0.459. The van der Waals surface area contributed by atoms with Crippen LogP contribution in [0.4, 0.5) is 0 Å². The maximum absolute atomic E-state index is 11.4. The summed E-state index contributed by atoms with van der Waals surface area (Å²) in [6.07, 6.45) is 6.43. The first-order valence-corrected chi connectivity index (χ1v) is 7.21. The van der Waals surface area contributed by atoms with Crippen molar-refractivity contribution in [2.75, 3.05) is 20.2 Å². The van der Waals surface area contributed by atoms with Gasteiger partial charge in [0.1, 0.15) is 0 Å². The molecule has 0 amide bonds. The fraction of sp³-hybridized carbons (Fsp3) is 0.800. The van der Waals surface area contributed by atoms with Gasteiger partial charge >= 0.3 is 5.97 Å². The highest BCUT2D eigenvalue weighted by molar-refractivity contribution is 5.88. The van der Waals surface area contributed by atoms with E-state index in [4.69, 9.17) is 4.74 Å². The zero-order valence-electron chi connectivity index (χ0n) is 12.4. The van der Waals surface area contributed by atoms with Crippen LogP contribution < -0.4 is 5.32 Å². The van der Waals surface area contributed by atoms with Gasteiger partial charge in [-0.2, -0.15) is 0 Å². The van der Waals surface area contributed by atoms with Gasteiger partial charge in [0.15, 0.2) is 0 Å². The molecule has 1 fully saturated rings. The first-order chi connectivity index (χ1) is 9.00. The Morgan fingerprint density at radius 1 is 1.47 bits per heavy atom. The molecule has 1 saturated carbocycles. The molecule has 0 aromatic heterocycles. The standard InChI is InChI=1S/C15H27NO3/c1-4-13(14(17)19-3)7-10-16-11-15(18)8-5-12(2)6-9-15/h7,12,16,18H,4-6,8-11H2,1-3H3. The number of esters is 1. The summed E-state index contributed by atoms with van der Waals surface area (Å²) in [5.41, 5.74) is 0.108. The van der Waals surface area contributed by atoms with Crippen molar-refractivity contribution in [2.45, 2.75) is 51.6 Å². The lowest BCUT2D eigenvalue weighted by molar-refractivity contribution is -0.136. The van der Waals surface area contributed by atoms with E-state index >= 15 is 0 Å². The first kappa shape index (κ1) is 16.2. The molecule has 0 heterocycles. The molecule has 0 radical (unpaired) electrons. The molecule has 2 N–H and O–H groups in total. The minimum atomic E-state index is -0.571. The summed E-state index contributed by atoms with van der Waals surface area (Å²) in [6, 6.07) is 0. The van der Waals surface area contributed by atoms with E-state index in [-0.39, 0.29) is 5.97 Å². The van der Waals surface area contributed by atoms with Crippen LogP contribution in [0.15, 0.2) is 11.6 Å². The van der Waals surface area contributed by atoms with Crippen molar-refractivity contribution in [3.63, 3.8) is 0 Å². The van der Waals surface area contributed by atoms with Crippen molar-refractivity contribution in [2.24, 2.45) is 5.92 Å². The molecular weight excluding hydrogens is 242 g/mol. The Morgan fingerprint density at radius 3 is 2.63 bits per heavy atom. The average molecular weight is 269 g/mol. The molecule has 110 valence electrons. The molecule has 4 nitrogen and oxygen atoms in total. The van der Waals surface area contributed by atoms with Crippen LogP contribution in [0.3, 0.4) is 0 Å². The molecule has 19 heavy (non-hydrogen) atoms. The average Bonchev–Trinajstić information content (AvgIpc) is 2.42. The Balaban J connectivity index is 2.33. The Hall–Kier alpha value is -0.870. The molecule has 0 saturated heterocycles.